The Morgan fingerprint density at radius 2 is 1.66 bits per heavy atom. The maximum absolute atomic E-state index is 13.1. The molecular formula is C23H21N5O3S. The van der Waals surface area contributed by atoms with E-state index in [9.17, 15) is 14.9 Å². The number of hydrogen-bond acceptors (Lipinski definition) is 7. The van der Waals surface area contributed by atoms with Crippen molar-refractivity contribution in [3.8, 4) is 10.6 Å². The highest BCUT2D eigenvalue weighted by molar-refractivity contribution is 7.13. The number of non-ortho nitro benzene ring substituents is 1. The average Bonchev–Trinajstić information content (AvgIpc) is 3.36. The minimum Gasteiger partial charge on any atom is -0.369 e. The molecule has 0 saturated carbocycles. The molecule has 1 saturated heterocycles. The van der Waals surface area contributed by atoms with Crippen molar-refractivity contribution in [3.05, 3.63) is 86.5 Å². The standard InChI is InChI=1S/C23H21N5O3S/c29-23-20-5-2-1-4-19(20)22(21-6-3-15-32-21)24-27(23)16-25-11-13-26(14-12-25)17-7-9-18(10-8-17)28(30)31/h1-10,15H,11-14,16H2. The third-order valence-corrected chi connectivity index (χ3v) is 6.63. The minimum absolute atomic E-state index is 0.0845. The van der Waals surface area contributed by atoms with Gasteiger partial charge in [0, 0.05) is 49.4 Å². The molecule has 0 bridgehead atoms. The summed E-state index contributed by atoms with van der Waals surface area (Å²) in [4.78, 5) is 29.0. The quantitative estimate of drug-likeness (QED) is 0.342. The molecule has 32 heavy (non-hydrogen) atoms. The molecule has 2 aromatic carbocycles. The molecule has 0 radical (unpaired) electrons. The lowest BCUT2D eigenvalue weighted by molar-refractivity contribution is -0.384. The fourth-order valence-corrected chi connectivity index (χ4v) is 4.77. The van der Waals surface area contributed by atoms with Gasteiger partial charge in [-0.05, 0) is 29.6 Å². The molecule has 8 nitrogen and oxygen atoms in total. The molecule has 4 aromatic rings. The van der Waals surface area contributed by atoms with Gasteiger partial charge in [0.25, 0.3) is 11.2 Å². The van der Waals surface area contributed by atoms with Crippen molar-refractivity contribution >= 4 is 33.5 Å². The van der Waals surface area contributed by atoms with Crippen molar-refractivity contribution in [3.63, 3.8) is 0 Å². The van der Waals surface area contributed by atoms with Gasteiger partial charge in [0.05, 0.1) is 21.9 Å². The van der Waals surface area contributed by atoms with Crippen LogP contribution in [0.5, 0.6) is 0 Å². The first-order valence-electron chi connectivity index (χ1n) is 10.4. The molecule has 1 fully saturated rings. The van der Waals surface area contributed by atoms with Crippen molar-refractivity contribution in [1.82, 2.24) is 14.7 Å². The first kappa shape index (κ1) is 20.3. The lowest BCUT2D eigenvalue weighted by Crippen LogP contribution is -2.48. The molecular weight excluding hydrogens is 426 g/mol. The van der Waals surface area contributed by atoms with Gasteiger partial charge in [0.2, 0.25) is 0 Å². The third kappa shape index (κ3) is 3.88. The summed E-state index contributed by atoms with van der Waals surface area (Å²) in [5.74, 6) is 0. The van der Waals surface area contributed by atoms with Gasteiger partial charge in [0.15, 0.2) is 0 Å². The molecule has 2 aromatic heterocycles. The number of thiophene rings is 1. The van der Waals surface area contributed by atoms with Gasteiger partial charge >= 0.3 is 0 Å². The van der Waals surface area contributed by atoms with E-state index in [1.54, 1.807) is 28.2 Å². The first-order valence-corrected chi connectivity index (χ1v) is 11.2. The number of aromatic nitrogens is 2. The van der Waals surface area contributed by atoms with Gasteiger partial charge in [-0.1, -0.05) is 24.3 Å². The highest BCUT2D eigenvalue weighted by Gasteiger charge is 2.20. The van der Waals surface area contributed by atoms with E-state index < -0.39 is 0 Å². The Kier molecular flexibility index (Phi) is 5.42. The fourth-order valence-electron chi connectivity index (χ4n) is 4.05. The third-order valence-electron chi connectivity index (χ3n) is 5.75. The Bertz CT molecular complexity index is 1310. The van der Waals surface area contributed by atoms with Crippen molar-refractivity contribution < 1.29 is 4.92 Å². The second-order valence-corrected chi connectivity index (χ2v) is 8.64. The van der Waals surface area contributed by atoms with E-state index in [1.165, 1.54) is 12.1 Å². The SMILES string of the molecule is O=c1c2ccccc2c(-c2cccs2)nn1CN1CCN(c2ccc([N+](=O)[O-])cc2)CC1. The van der Waals surface area contributed by atoms with Gasteiger partial charge in [-0.3, -0.25) is 19.8 Å². The van der Waals surface area contributed by atoms with Crippen molar-refractivity contribution in [1.29, 1.82) is 0 Å². The molecule has 9 heteroatoms. The van der Waals surface area contributed by atoms with Gasteiger partial charge in [0.1, 0.15) is 5.69 Å². The smallest absolute Gasteiger partial charge is 0.275 e. The van der Waals surface area contributed by atoms with Crippen LogP contribution in [0, 0.1) is 10.1 Å². The van der Waals surface area contributed by atoms with E-state index in [1.807, 2.05) is 41.8 Å². The highest BCUT2D eigenvalue weighted by Crippen LogP contribution is 2.28. The van der Waals surface area contributed by atoms with Gasteiger partial charge < -0.3 is 4.90 Å². The van der Waals surface area contributed by atoms with Gasteiger partial charge in [-0.2, -0.15) is 5.10 Å². The first-order chi connectivity index (χ1) is 15.6. The van der Waals surface area contributed by atoms with Crippen molar-refractivity contribution in [2.75, 3.05) is 31.1 Å². The zero-order valence-corrected chi connectivity index (χ0v) is 18.1. The molecule has 162 valence electrons. The molecule has 0 spiro atoms. The minimum atomic E-state index is -0.388. The van der Waals surface area contributed by atoms with Crippen LogP contribution in [0.1, 0.15) is 0 Å². The molecule has 3 heterocycles. The molecule has 0 aliphatic carbocycles. The number of piperazine rings is 1. The molecule has 0 atom stereocenters. The maximum atomic E-state index is 13.1. The number of nitrogens with zero attached hydrogens (tertiary/aromatic N) is 5. The zero-order valence-electron chi connectivity index (χ0n) is 17.3. The number of nitro groups is 1. The molecule has 0 unspecified atom stereocenters. The molecule has 1 aliphatic heterocycles. The Balaban J connectivity index is 1.35. The Morgan fingerprint density at radius 3 is 2.31 bits per heavy atom. The largest absolute Gasteiger partial charge is 0.369 e. The summed E-state index contributed by atoms with van der Waals surface area (Å²) in [7, 11) is 0. The lowest BCUT2D eigenvalue weighted by Gasteiger charge is -2.36. The van der Waals surface area contributed by atoms with E-state index in [0.717, 1.165) is 47.8 Å². The van der Waals surface area contributed by atoms with Crippen LogP contribution in [0.2, 0.25) is 0 Å². The number of rotatable bonds is 5. The summed E-state index contributed by atoms with van der Waals surface area (Å²) < 4.78 is 1.57. The predicted molar refractivity (Wildman–Crippen MR) is 126 cm³/mol. The second-order valence-electron chi connectivity index (χ2n) is 7.70. The number of anilines is 1. The van der Waals surface area contributed by atoms with Gasteiger partial charge in [-0.15, -0.1) is 11.3 Å². The topological polar surface area (TPSA) is 84.5 Å². The number of fused-ring (bicyclic) bond motifs is 1. The fraction of sp³-hybridized carbons (Fsp3) is 0.217. The average molecular weight is 448 g/mol. The maximum Gasteiger partial charge on any atom is 0.275 e. The van der Waals surface area contributed by atoms with Crippen LogP contribution in [0.4, 0.5) is 11.4 Å². The van der Waals surface area contributed by atoms with Crippen LogP contribution in [-0.4, -0.2) is 45.8 Å². The second kappa shape index (κ2) is 8.52. The van der Waals surface area contributed by atoms with E-state index in [0.29, 0.717) is 12.1 Å². The van der Waals surface area contributed by atoms with Crippen LogP contribution in [0.3, 0.4) is 0 Å². The summed E-state index contributed by atoms with van der Waals surface area (Å²) in [6.45, 7) is 3.52. The van der Waals surface area contributed by atoms with Gasteiger partial charge in [-0.25, -0.2) is 4.68 Å². The Labute approximate surface area is 188 Å². The van der Waals surface area contributed by atoms with E-state index in [2.05, 4.69) is 9.80 Å². The van der Waals surface area contributed by atoms with E-state index in [-0.39, 0.29) is 16.2 Å². The summed E-state index contributed by atoms with van der Waals surface area (Å²) in [6.07, 6.45) is 0. The van der Waals surface area contributed by atoms with Crippen molar-refractivity contribution in [2.24, 2.45) is 0 Å². The molecule has 5 rings (SSSR count). The Morgan fingerprint density at radius 1 is 0.938 bits per heavy atom. The Hall–Kier alpha value is -3.56. The van der Waals surface area contributed by atoms with Crippen LogP contribution in [-0.2, 0) is 6.67 Å². The monoisotopic (exact) mass is 447 g/mol. The zero-order chi connectivity index (χ0) is 22.1. The molecule has 0 N–H and O–H groups in total. The van der Waals surface area contributed by atoms with E-state index in [4.69, 9.17) is 5.10 Å². The summed E-state index contributed by atoms with van der Waals surface area (Å²) in [6, 6.07) is 18.3. The summed E-state index contributed by atoms with van der Waals surface area (Å²) in [5.41, 5.74) is 1.81. The normalized spacial score (nSPS) is 14.7. The molecule has 0 amide bonds. The predicted octanol–water partition coefficient (Wildman–Crippen LogP) is 3.81. The number of hydrogen-bond donors (Lipinski definition) is 0. The number of nitro benzene ring substituents is 1. The van der Waals surface area contributed by atoms with Crippen LogP contribution in [0.25, 0.3) is 21.3 Å². The van der Waals surface area contributed by atoms with Crippen LogP contribution >= 0.6 is 11.3 Å². The summed E-state index contributed by atoms with van der Waals surface area (Å²) >= 11 is 1.61. The van der Waals surface area contributed by atoms with E-state index >= 15 is 0 Å². The van der Waals surface area contributed by atoms with Crippen molar-refractivity contribution in [2.45, 2.75) is 6.67 Å². The van der Waals surface area contributed by atoms with Crippen LogP contribution in [0.15, 0.2) is 70.8 Å². The van der Waals surface area contributed by atoms with Crippen LogP contribution < -0.4 is 10.5 Å². The number of benzene rings is 2. The lowest BCUT2D eigenvalue weighted by atomic mass is 10.1. The summed E-state index contributed by atoms with van der Waals surface area (Å²) in [5, 5.41) is 19.2. The molecule has 1 aliphatic rings. The highest BCUT2D eigenvalue weighted by atomic mass is 32.1.